The molecule has 3 nitrogen and oxygen atoms in total. The first kappa shape index (κ1) is 12.5. The maximum Gasteiger partial charge on any atom is 0.187 e. The third-order valence-corrected chi connectivity index (χ3v) is 3.65. The van der Waals surface area contributed by atoms with Crippen LogP contribution in [0.4, 0.5) is 10.8 Å². The predicted molar refractivity (Wildman–Crippen MR) is 80.2 cm³/mol. The van der Waals surface area contributed by atoms with Crippen LogP contribution in [-0.4, -0.2) is 9.97 Å². The number of nitrogens with zero attached hydrogens (tertiary/aromatic N) is 1. The predicted octanol–water partition coefficient (Wildman–Crippen LogP) is 3.59. The first-order chi connectivity index (χ1) is 8.06. The van der Waals surface area contributed by atoms with Crippen LogP contribution in [0.15, 0.2) is 28.9 Å². The zero-order valence-corrected chi connectivity index (χ0v) is 12.2. The molecule has 0 aliphatic rings. The summed E-state index contributed by atoms with van der Waals surface area (Å²) < 4.78 is 0.966. The average molecular weight is 328 g/mol. The number of benzene rings is 1. The van der Waals surface area contributed by atoms with Crippen LogP contribution in [0.5, 0.6) is 0 Å². The van der Waals surface area contributed by atoms with E-state index in [2.05, 4.69) is 26.2 Å². The van der Waals surface area contributed by atoms with Crippen LogP contribution >= 0.6 is 39.5 Å². The lowest BCUT2D eigenvalue weighted by Crippen LogP contribution is -2.11. The van der Waals surface area contributed by atoms with E-state index < -0.39 is 0 Å². The molecule has 0 saturated heterocycles. The number of anilines is 2. The highest BCUT2D eigenvalue weighted by Gasteiger charge is 2.07. The van der Waals surface area contributed by atoms with E-state index in [-0.39, 0.29) is 0 Å². The van der Waals surface area contributed by atoms with Crippen molar-refractivity contribution in [3.63, 3.8) is 0 Å². The second-order valence-corrected chi connectivity index (χ2v) is 6.05. The van der Waals surface area contributed by atoms with E-state index in [1.54, 1.807) is 11.3 Å². The molecule has 17 heavy (non-hydrogen) atoms. The smallest absolute Gasteiger partial charge is 0.187 e. The van der Waals surface area contributed by atoms with E-state index in [1.807, 2.05) is 31.3 Å². The molecule has 3 N–H and O–H groups in total. The summed E-state index contributed by atoms with van der Waals surface area (Å²) in [5.41, 5.74) is 7.36. The summed E-state index contributed by atoms with van der Waals surface area (Å²) in [5.74, 6) is 0. The highest BCUT2D eigenvalue weighted by molar-refractivity contribution is 9.10. The van der Waals surface area contributed by atoms with Crippen LogP contribution in [0.2, 0.25) is 0 Å². The number of thiazole rings is 1. The Morgan fingerprint density at radius 1 is 1.53 bits per heavy atom. The molecule has 6 heteroatoms. The van der Waals surface area contributed by atoms with Crippen LogP contribution in [0.1, 0.15) is 10.4 Å². The van der Waals surface area contributed by atoms with E-state index in [4.69, 9.17) is 18.0 Å². The zero-order chi connectivity index (χ0) is 12.4. The normalized spacial score (nSPS) is 10.2. The minimum atomic E-state index is 0.369. The van der Waals surface area contributed by atoms with E-state index >= 15 is 0 Å². The van der Waals surface area contributed by atoms with Gasteiger partial charge in [0.2, 0.25) is 0 Å². The minimum Gasteiger partial charge on any atom is -0.389 e. The quantitative estimate of drug-likeness (QED) is 0.846. The highest BCUT2D eigenvalue weighted by atomic mass is 79.9. The Morgan fingerprint density at radius 2 is 2.29 bits per heavy atom. The molecular formula is C11H10BrN3S2. The van der Waals surface area contributed by atoms with Gasteiger partial charge in [0, 0.05) is 21.1 Å². The molecule has 2 aromatic rings. The van der Waals surface area contributed by atoms with Crippen molar-refractivity contribution in [2.45, 2.75) is 6.92 Å². The lowest BCUT2D eigenvalue weighted by Gasteiger charge is -2.09. The van der Waals surface area contributed by atoms with Gasteiger partial charge >= 0.3 is 0 Å². The number of hydrogen-bond donors (Lipinski definition) is 2. The van der Waals surface area contributed by atoms with Gasteiger partial charge in [0.1, 0.15) is 4.99 Å². The van der Waals surface area contributed by atoms with Crippen molar-refractivity contribution >= 4 is 55.3 Å². The number of aryl methyl sites for hydroxylation is 1. The lowest BCUT2D eigenvalue weighted by atomic mass is 10.2. The number of halogens is 1. The molecule has 1 aromatic heterocycles. The maximum absolute atomic E-state index is 5.68. The number of rotatable bonds is 3. The molecule has 1 heterocycles. The lowest BCUT2D eigenvalue weighted by molar-refractivity contribution is 1.36. The summed E-state index contributed by atoms with van der Waals surface area (Å²) in [7, 11) is 0. The summed E-state index contributed by atoms with van der Waals surface area (Å²) >= 11 is 10.0. The van der Waals surface area contributed by atoms with Gasteiger partial charge in [-0.25, -0.2) is 4.98 Å². The SMILES string of the molecule is Cc1cnc(Nc2cc(Br)ccc2C(N)=S)s1. The van der Waals surface area contributed by atoms with E-state index in [0.29, 0.717) is 4.99 Å². The van der Waals surface area contributed by atoms with Crippen molar-refractivity contribution in [1.82, 2.24) is 4.98 Å². The second-order valence-electron chi connectivity index (χ2n) is 3.46. The molecule has 0 bridgehead atoms. The van der Waals surface area contributed by atoms with Gasteiger partial charge in [-0.1, -0.05) is 28.1 Å². The Kier molecular flexibility index (Phi) is 3.76. The molecule has 0 saturated carbocycles. The standard InChI is InChI=1S/C11H10BrN3S2/c1-6-5-14-11(17-6)15-9-4-7(12)2-3-8(9)10(13)16/h2-5H,1H3,(H2,13,16)(H,14,15). The summed E-state index contributed by atoms with van der Waals surface area (Å²) in [6, 6.07) is 5.73. The molecule has 88 valence electrons. The van der Waals surface area contributed by atoms with Gasteiger partial charge in [-0.05, 0) is 25.1 Å². The summed E-state index contributed by atoms with van der Waals surface area (Å²) in [6.07, 6.45) is 1.82. The van der Waals surface area contributed by atoms with Gasteiger partial charge in [-0.15, -0.1) is 11.3 Å². The van der Waals surface area contributed by atoms with Crippen molar-refractivity contribution in [1.29, 1.82) is 0 Å². The average Bonchev–Trinajstić information content (AvgIpc) is 2.63. The Bertz CT molecular complexity index is 566. The summed E-state index contributed by atoms with van der Waals surface area (Å²) in [4.78, 5) is 5.77. The zero-order valence-electron chi connectivity index (χ0n) is 9.03. The first-order valence-corrected chi connectivity index (χ1v) is 6.87. The maximum atomic E-state index is 5.68. The fourth-order valence-corrected chi connectivity index (χ4v) is 2.58. The largest absolute Gasteiger partial charge is 0.389 e. The van der Waals surface area contributed by atoms with Crippen LogP contribution < -0.4 is 11.1 Å². The summed E-state index contributed by atoms with van der Waals surface area (Å²) in [6.45, 7) is 2.01. The van der Waals surface area contributed by atoms with E-state index in [1.165, 1.54) is 0 Å². The van der Waals surface area contributed by atoms with Crippen LogP contribution in [0.25, 0.3) is 0 Å². The fourth-order valence-electron chi connectivity index (χ4n) is 1.36. The summed E-state index contributed by atoms with van der Waals surface area (Å²) in [5, 5.41) is 4.06. The Balaban J connectivity index is 2.37. The molecule has 0 aliphatic heterocycles. The molecule has 0 radical (unpaired) electrons. The Morgan fingerprint density at radius 3 is 2.88 bits per heavy atom. The number of thiocarbonyl (C=S) groups is 1. The molecule has 2 rings (SSSR count). The third kappa shape index (κ3) is 3.02. The molecule has 0 unspecified atom stereocenters. The third-order valence-electron chi connectivity index (χ3n) is 2.11. The van der Waals surface area contributed by atoms with E-state index in [0.717, 1.165) is 25.7 Å². The van der Waals surface area contributed by atoms with Crippen molar-refractivity contribution in [2.75, 3.05) is 5.32 Å². The number of hydrogen-bond acceptors (Lipinski definition) is 4. The highest BCUT2D eigenvalue weighted by Crippen LogP contribution is 2.27. The van der Waals surface area contributed by atoms with Gasteiger partial charge in [0.05, 0.1) is 5.69 Å². The molecule has 0 spiro atoms. The van der Waals surface area contributed by atoms with Gasteiger partial charge < -0.3 is 11.1 Å². The van der Waals surface area contributed by atoms with Gasteiger partial charge in [0.15, 0.2) is 5.13 Å². The molecule has 0 atom stereocenters. The van der Waals surface area contributed by atoms with Gasteiger partial charge in [-0.3, -0.25) is 0 Å². The fraction of sp³-hybridized carbons (Fsp3) is 0.0909. The second kappa shape index (κ2) is 5.12. The monoisotopic (exact) mass is 327 g/mol. The molecular weight excluding hydrogens is 318 g/mol. The molecule has 0 aliphatic carbocycles. The van der Waals surface area contributed by atoms with Crippen molar-refractivity contribution < 1.29 is 0 Å². The minimum absolute atomic E-state index is 0.369. The first-order valence-electron chi connectivity index (χ1n) is 4.85. The van der Waals surface area contributed by atoms with E-state index in [9.17, 15) is 0 Å². The molecule has 1 aromatic carbocycles. The van der Waals surface area contributed by atoms with Crippen molar-refractivity contribution in [3.05, 3.63) is 39.3 Å². The van der Waals surface area contributed by atoms with Crippen LogP contribution in [-0.2, 0) is 0 Å². The van der Waals surface area contributed by atoms with Gasteiger partial charge in [-0.2, -0.15) is 0 Å². The van der Waals surface area contributed by atoms with Crippen molar-refractivity contribution in [2.24, 2.45) is 5.73 Å². The number of aromatic nitrogens is 1. The molecule has 0 fully saturated rings. The van der Waals surface area contributed by atoms with Crippen LogP contribution in [0, 0.1) is 6.92 Å². The van der Waals surface area contributed by atoms with Crippen molar-refractivity contribution in [3.8, 4) is 0 Å². The topological polar surface area (TPSA) is 50.9 Å². The molecule has 0 amide bonds. The van der Waals surface area contributed by atoms with Gasteiger partial charge in [0.25, 0.3) is 0 Å². The van der Waals surface area contributed by atoms with Crippen LogP contribution in [0.3, 0.4) is 0 Å². The number of nitrogens with two attached hydrogens (primary N) is 1. The number of nitrogens with one attached hydrogen (secondary N) is 1. The Labute approximate surface area is 117 Å². The Hall–Kier alpha value is -0.980.